The maximum absolute atomic E-state index is 13.2. The molecule has 1 amide bonds. The smallest absolute Gasteiger partial charge is 0.246 e. The van der Waals surface area contributed by atoms with Crippen molar-refractivity contribution in [2.45, 2.75) is 39.5 Å². The number of carbonyl (C=O) groups excluding carboxylic acids is 1. The minimum atomic E-state index is -0.238. The molecule has 0 spiro atoms. The molecule has 178 valence electrons. The van der Waals surface area contributed by atoms with Gasteiger partial charge in [-0.1, -0.05) is 0 Å². The zero-order valence-electron chi connectivity index (χ0n) is 20.1. The minimum Gasteiger partial charge on any atom is -0.496 e. The van der Waals surface area contributed by atoms with E-state index in [0.29, 0.717) is 13.1 Å². The number of aryl methyl sites for hydroxylation is 3. The standard InChI is InChI=1S/C28H31FN2O3/c1-18(16-26(32)31-14-12-30(13-15-31)21-10-8-20(29)9-11-21)23-17-24-22-6-4-5-7-25(22)34-28(24)19(2)27(23)33-3/h8-11,16-17H,4-7,12-15H2,1-3H3/b18-16+. The summed E-state index contributed by atoms with van der Waals surface area (Å²) in [5, 5.41) is 1.15. The predicted octanol–water partition coefficient (Wildman–Crippen LogP) is 5.52. The van der Waals surface area contributed by atoms with E-state index >= 15 is 0 Å². The summed E-state index contributed by atoms with van der Waals surface area (Å²) >= 11 is 0. The van der Waals surface area contributed by atoms with E-state index in [9.17, 15) is 9.18 Å². The number of hydrogen-bond acceptors (Lipinski definition) is 4. The first kappa shape index (κ1) is 22.5. The van der Waals surface area contributed by atoms with Crippen LogP contribution in [-0.2, 0) is 17.6 Å². The first-order valence-corrected chi connectivity index (χ1v) is 12.1. The molecule has 1 aliphatic heterocycles. The van der Waals surface area contributed by atoms with Gasteiger partial charge in [0.2, 0.25) is 5.91 Å². The average molecular weight is 463 g/mol. The van der Waals surface area contributed by atoms with Crippen LogP contribution < -0.4 is 9.64 Å². The maximum atomic E-state index is 13.2. The third-order valence-electron chi connectivity index (χ3n) is 7.18. The second-order valence-corrected chi connectivity index (χ2v) is 9.29. The highest BCUT2D eigenvalue weighted by Crippen LogP contribution is 2.41. The van der Waals surface area contributed by atoms with Crippen molar-refractivity contribution in [2.75, 3.05) is 38.2 Å². The van der Waals surface area contributed by atoms with Crippen molar-refractivity contribution in [3.05, 3.63) is 64.7 Å². The number of nitrogens with zero attached hydrogens (tertiary/aromatic N) is 2. The van der Waals surface area contributed by atoms with Gasteiger partial charge in [0.05, 0.1) is 7.11 Å². The lowest BCUT2D eigenvalue weighted by atomic mass is 9.93. The number of amides is 1. The van der Waals surface area contributed by atoms with E-state index < -0.39 is 0 Å². The van der Waals surface area contributed by atoms with Gasteiger partial charge in [-0.2, -0.15) is 0 Å². The van der Waals surface area contributed by atoms with E-state index in [4.69, 9.17) is 9.15 Å². The van der Waals surface area contributed by atoms with Crippen molar-refractivity contribution in [2.24, 2.45) is 0 Å². The lowest BCUT2D eigenvalue weighted by Gasteiger charge is -2.35. The van der Waals surface area contributed by atoms with Crippen LogP contribution in [0.3, 0.4) is 0 Å². The van der Waals surface area contributed by atoms with Crippen molar-refractivity contribution < 1.29 is 18.3 Å². The number of fused-ring (bicyclic) bond motifs is 3. The highest BCUT2D eigenvalue weighted by atomic mass is 19.1. The van der Waals surface area contributed by atoms with Crippen molar-refractivity contribution in [3.63, 3.8) is 0 Å². The fourth-order valence-electron chi connectivity index (χ4n) is 5.28. The quantitative estimate of drug-likeness (QED) is 0.479. The Bertz CT molecular complexity index is 1250. The molecule has 2 aromatic carbocycles. The van der Waals surface area contributed by atoms with Crippen molar-refractivity contribution >= 4 is 28.1 Å². The summed E-state index contributed by atoms with van der Waals surface area (Å²) < 4.78 is 25.2. The van der Waals surface area contributed by atoms with E-state index in [-0.39, 0.29) is 11.7 Å². The molecular weight excluding hydrogens is 431 g/mol. The van der Waals surface area contributed by atoms with E-state index in [1.807, 2.05) is 18.7 Å². The van der Waals surface area contributed by atoms with E-state index in [1.165, 1.54) is 24.1 Å². The molecule has 0 unspecified atom stereocenters. The summed E-state index contributed by atoms with van der Waals surface area (Å²) in [5.74, 6) is 1.63. The molecule has 3 aromatic rings. The number of hydrogen-bond donors (Lipinski definition) is 0. The molecule has 0 bridgehead atoms. The lowest BCUT2D eigenvalue weighted by Crippen LogP contribution is -2.48. The molecule has 6 heteroatoms. The summed E-state index contributed by atoms with van der Waals surface area (Å²) in [6.07, 6.45) is 6.09. The molecule has 2 aliphatic rings. The van der Waals surface area contributed by atoms with Gasteiger partial charge in [0.1, 0.15) is 22.9 Å². The lowest BCUT2D eigenvalue weighted by molar-refractivity contribution is -0.126. The molecule has 0 N–H and O–H groups in total. The number of benzene rings is 2. The van der Waals surface area contributed by atoms with E-state index in [0.717, 1.165) is 77.2 Å². The van der Waals surface area contributed by atoms with Crippen LogP contribution in [0.2, 0.25) is 0 Å². The molecule has 1 saturated heterocycles. The molecule has 2 heterocycles. The molecule has 5 nitrogen and oxygen atoms in total. The van der Waals surface area contributed by atoms with Crippen LogP contribution in [-0.4, -0.2) is 44.1 Å². The molecule has 1 fully saturated rings. The Hall–Kier alpha value is -3.28. The molecule has 0 atom stereocenters. The second kappa shape index (κ2) is 9.16. The number of allylic oxidation sites excluding steroid dienone is 1. The number of rotatable bonds is 4. The summed E-state index contributed by atoms with van der Waals surface area (Å²) in [6.45, 7) is 6.71. The first-order valence-electron chi connectivity index (χ1n) is 12.1. The van der Waals surface area contributed by atoms with Gasteiger partial charge in [0.25, 0.3) is 0 Å². The monoisotopic (exact) mass is 462 g/mol. The molecular formula is C28H31FN2O3. The number of piperazine rings is 1. The van der Waals surface area contributed by atoms with Crippen LogP contribution in [0, 0.1) is 12.7 Å². The number of methoxy groups -OCH3 is 1. The summed E-state index contributed by atoms with van der Waals surface area (Å²) in [7, 11) is 1.67. The van der Waals surface area contributed by atoms with Crippen molar-refractivity contribution in [3.8, 4) is 5.75 Å². The number of furan rings is 1. The molecule has 5 rings (SSSR count). The third kappa shape index (κ3) is 4.06. The van der Waals surface area contributed by atoms with E-state index in [1.54, 1.807) is 25.3 Å². The van der Waals surface area contributed by atoms with Gasteiger partial charge in [-0.3, -0.25) is 4.79 Å². The molecule has 0 radical (unpaired) electrons. The summed E-state index contributed by atoms with van der Waals surface area (Å²) in [4.78, 5) is 17.2. The summed E-state index contributed by atoms with van der Waals surface area (Å²) in [6, 6.07) is 8.66. The zero-order valence-corrected chi connectivity index (χ0v) is 20.1. The SMILES string of the molecule is COc1c(/C(C)=C/C(=O)N2CCN(c3ccc(F)cc3)CC2)cc2c3c(oc2c1C)CCCC3. The van der Waals surface area contributed by atoms with Crippen LogP contribution in [0.15, 0.2) is 40.8 Å². The Balaban J connectivity index is 1.37. The first-order chi connectivity index (χ1) is 16.5. The molecule has 1 aliphatic carbocycles. The highest BCUT2D eigenvalue weighted by molar-refractivity contribution is 5.98. The van der Waals surface area contributed by atoms with Gasteiger partial charge in [0, 0.05) is 66.4 Å². The van der Waals surface area contributed by atoms with Crippen LogP contribution in [0.5, 0.6) is 5.75 Å². The second-order valence-electron chi connectivity index (χ2n) is 9.29. The van der Waals surface area contributed by atoms with Crippen molar-refractivity contribution in [1.82, 2.24) is 4.90 Å². The van der Waals surface area contributed by atoms with Gasteiger partial charge >= 0.3 is 0 Å². The largest absolute Gasteiger partial charge is 0.496 e. The third-order valence-corrected chi connectivity index (χ3v) is 7.18. The Morgan fingerprint density at radius 3 is 2.50 bits per heavy atom. The van der Waals surface area contributed by atoms with E-state index in [2.05, 4.69) is 11.0 Å². The van der Waals surface area contributed by atoms with Gasteiger partial charge in [-0.25, -0.2) is 4.39 Å². The number of anilines is 1. The predicted molar refractivity (Wildman–Crippen MR) is 133 cm³/mol. The Morgan fingerprint density at radius 2 is 1.79 bits per heavy atom. The average Bonchev–Trinajstić information content (AvgIpc) is 3.23. The van der Waals surface area contributed by atoms with Crippen LogP contribution >= 0.6 is 0 Å². The zero-order chi connectivity index (χ0) is 23.8. The Morgan fingerprint density at radius 1 is 1.09 bits per heavy atom. The van der Waals surface area contributed by atoms with Crippen molar-refractivity contribution in [1.29, 1.82) is 0 Å². The number of ether oxygens (including phenoxy) is 1. The molecule has 1 aromatic heterocycles. The van der Waals surface area contributed by atoms with Gasteiger partial charge in [-0.15, -0.1) is 0 Å². The topological polar surface area (TPSA) is 45.9 Å². The van der Waals surface area contributed by atoms with Crippen LogP contribution in [0.1, 0.15) is 42.2 Å². The fourth-order valence-corrected chi connectivity index (χ4v) is 5.28. The fraction of sp³-hybridized carbons (Fsp3) is 0.393. The minimum absolute atomic E-state index is 0.00489. The van der Waals surface area contributed by atoms with Gasteiger partial charge in [0.15, 0.2) is 0 Å². The van der Waals surface area contributed by atoms with Crippen LogP contribution in [0.4, 0.5) is 10.1 Å². The Kier molecular flexibility index (Phi) is 6.07. The number of halogens is 1. The normalized spacial score (nSPS) is 16.6. The molecule has 34 heavy (non-hydrogen) atoms. The van der Waals surface area contributed by atoms with Crippen LogP contribution in [0.25, 0.3) is 16.5 Å². The maximum Gasteiger partial charge on any atom is 0.246 e. The summed E-state index contributed by atoms with van der Waals surface area (Å²) in [5.41, 5.74) is 6.01. The highest BCUT2D eigenvalue weighted by Gasteiger charge is 2.24. The molecule has 0 saturated carbocycles. The van der Waals surface area contributed by atoms with Gasteiger partial charge < -0.3 is 19.0 Å². The number of carbonyl (C=O) groups is 1. The van der Waals surface area contributed by atoms with Gasteiger partial charge in [-0.05, 0) is 69.0 Å². The Labute approximate surface area is 199 Å².